The molecule has 8 nitrogen and oxygen atoms in total. The summed E-state index contributed by atoms with van der Waals surface area (Å²) < 4.78 is 2.63. The molecule has 0 atom stereocenters. The Hall–Kier alpha value is -4.24. The third kappa shape index (κ3) is 4.20. The van der Waals surface area contributed by atoms with E-state index in [0.29, 0.717) is 33.0 Å². The molecule has 1 amide bonds. The molecule has 2 aromatic heterocycles. The molecule has 0 aliphatic heterocycles. The summed E-state index contributed by atoms with van der Waals surface area (Å²) in [6.45, 7) is 1.21. The number of anilines is 1. The first-order valence-corrected chi connectivity index (χ1v) is 11.3. The van der Waals surface area contributed by atoms with Gasteiger partial charge in [0.05, 0.1) is 11.0 Å². The van der Waals surface area contributed by atoms with Crippen LogP contribution in [0.15, 0.2) is 93.6 Å². The van der Waals surface area contributed by atoms with Gasteiger partial charge < -0.3 is 5.32 Å². The van der Waals surface area contributed by atoms with Gasteiger partial charge in [-0.25, -0.2) is 18.9 Å². The van der Waals surface area contributed by atoms with E-state index < -0.39 is 11.6 Å². The van der Waals surface area contributed by atoms with E-state index >= 15 is 0 Å². The van der Waals surface area contributed by atoms with E-state index in [1.54, 1.807) is 30.3 Å². The van der Waals surface area contributed by atoms with Gasteiger partial charge in [-0.1, -0.05) is 42.1 Å². The van der Waals surface area contributed by atoms with E-state index in [-0.39, 0.29) is 12.3 Å². The lowest BCUT2D eigenvalue weighted by Crippen LogP contribution is -2.28. The smallest absolute Gasteiger partial charge is 0.324 e. The maximum absolute atomic E-state index is 13.3. The lowest BCUT2D eigenvalue weighted by Gasteiger charge is -2.05. The fraction of sp³-hybridized carbons (Fsp3) is 0.0800. The summed E-state index contributed by atoms with van der Waals surface area (Å²) in [5.74, 6) is -0.463. The van der Waals surface area contributed by atoms with Crippen molar-refractivity contribution in [2.24, 2.45) is 0 Å². The first-order valence-electron chi connectivity index (χ1n) is 10.5. The zero-order valence-electron chi connectivity index (χ0n) is 18.1. The highest BCUT2D eigenvalue weighted by Crippen LogP contribution is 2.30. The van der Waals surface area contributed by atoms with Gasteiger partial charge in [0.25, 0.3) is 0 Å². The van der Waals surface area contributed by atoms with E-state index in [0.717, 1.165) is 9.58 Å². The van der Waals surface area contributed by atoms with Crippen molar-refractivity contribution in [2.75, 3.05) is 5.32 Å². The normalized spacial score (nSPS) is 11.1. The van der Waals surface area contributed by atoms with E-state index in [4.69, 9.17) is 4.98 Å². The van der Waals surface area contributed by atoms with Gasteiger partial charge in [-0.15, -0.1) is 5.10 Å². The van der Waals surface area contributed by atoms with E-state index in [1.165, 1.54) is 23.1 Å². The van der Waals surface area contributed by atoms with Crippen molar-refractivity contribution in [3.63, 3.8) is 0 Å². The number of carbonyl (C=O) groups excluding carboxylic acids is 2. The summed E-state index contributed by atoms with van der Waals surface area (Å²) in [5.41, 5.74) is 2.31. The van der Waals surface area contributed by atoms with Crippen molar-refractivity contribution in [1.29, 1.82) is 0 Å². The summed E-state index contributed by atoms with van der Waals surface area (Å²) in [6.07, 6.45) is 0. The van der Waals surface area contributed by atoms with Crippen LogP contribution >= 0.6 is 11.8 Å². The van der Waals surface area contributed by atoms with Crippen LogP contribution in [0.3, 0.4) is 0 Å². The minimum atomic E-state index is -0.425. The van der Waals surface area contributed by atoms with Gasteiger partial charge >= 0.3 is 5.69 Å². The molecule has 0 saturated carbocycles. The van der Waals surface area contributed by atoms with Gasteiger partial charge in [-0.2, -0.15) is 0 Å². The number of fused-ring (bicyclic) bond motifs is 3. The molecule has 1 N–H and O–H groups in total. The molecule has 2 heterocycles. The molecule has 9 heteroatoms. The Morgan fingerprint density at radius 3 is 2.38 bits per heavy atom. The standard InChI is InChI=1S/C25H19N5O3S/c1-16(31)17-11-13-18(14-12-17)26-22(32)15-29-25(33)30-21-10-6-5-9-20(21)27-24(23(30)28-29)34-19-7-3-2-4-8-19/h2-14H,15H2,1H3,(H,26,32). The molecule has 0 spiro atoms. The second-order valence-electron chi connectivity index (χ2n) is 7.60. The highest BCUT2D eigenvalue weighted by atomic mass is 32.2. The van der Waals surface area contributed by atoms with Gasteiger partial charge in [0.15, 0.2) is 11.4 Å². The average Bonchev–Trinajstić information content (AvgIpc) is 3.16. The second-order valence-corrected chi connectivity index (χ2v) is 8.66. The quantitative estimate of drug-likeness (QED) is 0.377. The number of rotatable bonds is 6. The van der Waals surface area contributed by atoms with Crippen LogP contribution in [0.4, 0.5) is 5.69 Å². The number of para-hydroxylation sites is 2. The Labute approximate surface area is 198 Å². The van der Waals surface area contributed by atoms with E-state index in [2.05, 4.69) is 10.4 Å². The van der Waals surface area contributed by atoms with Crippen LogP contribution < -0.4 is 11.0 Å². The number of benzene rings is 3. The highest BCUT2D eigenvalue weighted by Gasteiger charge is 2.18. The lowest BCUT2D eigenvalue weighted by atomic mass is 10.1. The number of Topliss-reactive ketones (excluding diaryl/α,β-unsaturated/α-hetero) is 1. The fourth-order valence-corrected chi connectivity index (χ4v) is 4.45. The van der Waals surface area contributed by atoms with Crippen molar-refractivity contribution in [1.82, 2.24) is 19.2 Å². The van der Waals surface area contributed by atoms with Crippen LogP contribution in [0.5, 0.6) is 0 Å². The van der Waals surface area contributed by atoms with Gasteiger partial charge in [-0.05, 0) is 55.5 Å². The summed E-state index contributed by atoms with van der Waals surface area (Å²) in [5, 5.41) is 7.77. The molecule has 0 saturated heterocycles. The Balaban J connectivity index is 1.50. The number of carbonyl (C=O) groups is 2. The molecular formula is C25H19N5O3S. The topological polar surface area (TPSA) is 98.4 Å². The summed E-state index contributed by atoms with van der Waals surface area (Å²) in [7, 11) is 0. The molecule has 0 unspecified atom stereocenters. The molecule has 0 aliphatic carbocycles. The minimum absolute atomic E-state index is 0.0564. The van der Waals surface area contributed by atoms with E-state index in [1.807, 2.05) is 48.5 Å². The number of aromatic nitrogens is 4. The van der Waals surface area contributed by atoms with Crippen molar-refractivity contribution < 1.29 is 9.59 Å². The average molecular weight is 470 g/mol. The van der Waals surface area contributed by atoms with Crippen LogP contribution in [0.2, 0.25) is 0 Å². The molecular weight excluding hydrogens is 450 g/mol. The Bertz CT molecular complexity index is 1590. The number of amides is 1. The van der Waals surface area contributed by atoms with Crippen molar-refractivity contribution in [3.05, 3.63) is 94.9 Å². The number of nitrogens with zero attached hydrogens (tertiary/aromatic N) is 4. The lowest BCUT2D eigenvalue weighted by molar-refractivity contribution is -0.117. The van der Waals surface area contributed by atoms with Gasteiger partial charge in [0.1, 0.15) is 11.6 Å². The van der Waals surface area contributed by atoms with Crippen LogP contribution in [0.25, 0.3) is 16.7 Å². The second kappa shape index (κ2) is 8.95. The molecule has 0 aliphatic rings. The Morgan fingerprint density at radius 1 is 0.941 bits per heavy atom. The molecule has 3 aromatic carbocycles. The maximum Gasteiger partial charge on any atom is 0.351 e. The first kappa shape index (κ1) is 21.6. The number of hydrogen-bond acceptors (Lipinski definition) is 6. The van der Waals surface area contributed by atoms with Crippen LogP contribution in [0.1, 0.15) is 17.3 Å². The first-order chi connectivity index (χ1) is 16.5. The molecule has 0 bridgehead atoms. The zero-order valence-corrected chi connectivity index (χ0v) is 19.0. The fourth-order valence-electron chi connectivity index (χ4n) is 3.57. The summed E-state index contributed by atoms with van der Waals surface area (Å²) >= 11 is 1.40. The monoisotopic (exact) mass is 469 g/mol. The Morgan fingerprint density at radius 2 is 1.65 bits per heavy atom. The SMILES string of the molecule is CC(=O)c1ccc(NC(=O)Cn2nc3c(Sc4ccccc4)nc4ccccc4n3c2=O)cc1. The number of ketones is 1. The Kier molecular flexibility index (Phi) is 5.69. The number of nitrogens with one attached hydrogen (secondary N) is 1. The molecule has 168 valence electrons. The van der Waals surface area contributed by atoms with E-state index in [9.17, 15) is 14.4 Å². The molecule has 5 rings (SSSR count). The van der Waals surface area contributed by atoms with Gasteiger partial charge in [0, 0.05) is 16.1 Å². The predicted octanol–water partition coefficient (Wildman–Crippen LogP) is 4.04. The van der Waals surface area contributed by atoms with Crippen LogP contribution in [-0.2, 0) is 11.3 Å². The predicted molar refractivity (Wildman–Crippen MR) is 130 cm³/mol. The zero-order chi connectivity index (χ0) is 23.7. The largest absolute Gasteiger partial charge is 0.351 e. The molecule has 0 fully saturated rings. The van der Waals surface area contributed by atoms with Crippen LogP contribution in [-0.4, -0.2) is 30.9 Å². The highest BCUT2D eigenvalue weighted by molar-refractivity contribution is 7.99. The van der Waals surface area contributed by atoms with Gasteiger partial charge in [-0.3, -0.25) is 9.59 Å². The van der Waals surface area contributed by atoms with Crippen molar-refractivity contribution in [3.8, 4) is 0 Å². The van der Waals surface area contributed by atoms with Crippen LogP contribution in [0, 0.1) is 0 Å². The molecule has 5 aromatic rings. The number of hydrogen-bond donors (Lipinski definition) is 1. The summed E-state index contributed by atoms with van der Waals surface area (Å²) in [4.78, 5) is 43.0. The summed E-state index contributed by atoms with van der Waals surface area (Å²) in [6, 6.07) is 23.6. The third-order valence-electron chi connectivity index (χ3n) is 5.20. The van der Waals surface area contributed by atoms with Crippen molar-refractivity contribution in [2.45, 2.75) is 23.4 Å². The molecule has 34 heavy (non-hydrogen) atoms. The van der Waals surface area contributed by atoms with Gasteiger partial charge in [0.2, 0.25) is 5.91 Å². The molecule has 0 radical (unpaired) electrons. The third-order valence-corrected chi connectivity index (χ3v) is 6.18. The maximum atomic E-state index is 13.3. The van der Waals surface area contributed by atoms with Crippen molar-refractivity contribution >= 4 is 45.8 Å². The minimum Gasteiger partial charge on any atom is -0.324 e.